The van der Waals surface area contributed by atoms with Gasteiger partial charge >= 0.3 is 0 Å². The first-order valence-electron chi connectivity index (χ1n) is 25.3. The highest BCUT2D eigenvalue weighted by Gasteiger charge is 2.37. The summed E-state index contributed by atoms with van der Waals surface area (Å²) >= 11 is 0. The Labute approximate surface area is 411 Å². The minimum Gasteiger partial charge on any atom is -0.310 e. The average molecular weight is 901 g/mol. The molecule has 0 saturated heterocycles. The largest absolute Gasteiger partial charge is 0.310 e. The van der Waals surface area contributed by atoms with Gasteiger partial charge in [-0.05, 0) is 174 Å². The second kappa shape index (κ2) is 15.8. The quantitative estimate of drug-likeness (QED) is 0.156. The van der Waals surface area contributed by atoms with E-state index in [1.54, 1.807) is 0 Å². The molecule has 1 aromatic heterocycles. The molecule has 0 fully saturated rings. The van der Waals surface area contributed by atoms with Crippen molar-refractivity contribution in [2.75, 3.05) is 4.90 Å². The molecule has 0 amide bonds. The van der Waals surface area contributed by atoms with Crippen LogP contribution < -0.4 is 4.90 Å². The number of hydrogen-bond acceptors (Lipinski definition) is 1. The van der Waals surface area contributed by atoms with Crippen molar-refractivity contribution in [1.29, 1.82) is 0 Å². The monoisotopic (exact) mass is 900 g/mol. The standard InChI is InChI=1S/C66H50N2.C2H6/c1-65(2)59-24-14-12-22-51(59)53-35-34-46(36-61(53)65)67(43-28-26-42(27-29-43)41-16-6-5-7-17-41)44-30-32-45(33-31-44)68-63-39-55-50-21-11-9-19-48(50)47-18-8-10-20-49(47)54(55)37-57(63)58-38-56-52-23-13-15-25-60(52)66(3,4)62(56)40-64(58)68;1-2/h5-9,11-19,21-40H,10,20H2,1-4H3;1-2H3. The second-order valence-electron chi connectivity index (χ2n) is 20.4. The minimum absolute atomic E-state index is 0.118. The molecular weight excluding hydrogens is 845 g/mol. The van der Waals surface area contributed by atoms with Gasteiger partial charge in [-0.2, -0.15) is 0 Å². The summed E-state index contributed by atoms with van der Waals surface area (Å²) in [7, 11) is 0. The molecular formula is C68H56N2. The Kier molecular flexibility index (Phi) is 9.52. The fourth-order valence-electron chi connectivity index (χ4n) is 12.6. The van der Waals surface area contributed by atoms with E-state index in [2.05, 4.69) is 243 Å². The molecule has 0 atom stereocenters. The minimum atomic E-state index is -0.125. The van der Waals surface area contributed by atoms with Crippen molar-refractivity contribution >= 4 is 66.5 Å². The molecule has 0 bridgehead atoms. The zero-order chi connectivity index (χ0) is 47.5. The highest BCUT2D eigenvalue weighted by atomic mass is 15.1. The van der Waals surface area contributed by atoms with Gasteiger partial charge in [-0.25, -0.2) is 0 Å². The summed E-state index contributed by atoms with van der Waals surface area (Å²) in [4.78, 5) is 2.44. The smallest absolute Gasteiger partial charge is 0.0547 e. The summed E-state index contributed by atoms with van der Waals surface area (Å²) in [6.07, 6.45) is 6.83. The maximum Gasteiger partial charge on any atom is 0.0547 e. The molecule has 0 N–H and O–H groups in total. The van der Waals surface area contributed by atoms with Gasteiger partial charge < -0.3 is 9.47 Å². The van der Waals surface area contributed by atoms with Gasteiger partial charge in [0.1, 0.15) is 0 Å². The number of fused-ring (bicyclic) bond motifs is 15. The lowest BCUT2D eigenvalue weighted by Gasteiger charge is -2.28. The predicted octanol–water partition coefficient (Wildman–Crippen LogP) is 18.8. The van der Waals surface area contributed by atoms with Crippen LogP contribution >= 0.6 is 0 Å². The van der Waals surface area contributed by atoms with Crippen LogP contribution in [-0.4, -0.2) is 4.57 Å². The van der Waals surface area contributed by atoms with Crippen LogP contribution in [0.25, 0.3) is 88.5 Å². The van der Waals surface area contributed by atoms with Crippen LogP contribution in [-0.2, 0) is 17.3 Å². The molecule has 0 aliphatic heterocycles. The Morgan fingerprint density at radius 1 is 0.400 bits per heavy atom. The van der Waals surface area contributed by atoms with E-state index in [1.807, 2.05) is 13.8 Å². The molecule has 1 heterocycles. The lowest BCUT2D eigenvalue weighted by atomic mass is 9.82. The summed E-state index contributed by atoms with van der Waals surface area (Å²) in [5.74, 6) is 0. The van der Waals surface area contributed by atoms with E-state index in [-0.39, 0.29) is 10.8 Å². The summed E-state index contributed by atoms with van der Waals surface area (Å²) in [5.41, 5.74) is 22.9. The summed E-state index contributed by atoms with van der Waals surface area (Å²) in [6.45, 7) is 13.5. The van der Waals surface area contributed by atoms with E-state index < -0.39 is 0 Å². The predicted molar refractivity (Wildman–Crippen MR) is 300 cm³/mol. The van der Waals surface area contributed by atoms with Crippen LogP contribution in [0.2, 0.25) is 0 Å². The first-order chi connectivity index (χ1) is 34.2. The lowest BCUT2D eigenvalue weighted by molar-refractivity contribution is 0.660. The van der Waals surface area contributed by atoms with Gasteiger partial charge in [0.05, 0.1) is 11.0 Å². The zero-order valence-electron chi connectivity index (χ0n) is 40.9. The molecule has 14 rings (SSSR count). The van der Waals surface area contributed by atoms with Gasteiger partial charge in [0, 0.05) is 44.4 Å². The third-order valence-corrected chi connectivity index (χ3v) is 16.0. The highest BCUT2D eigenvalue weighted by Crippen LogP contribution is 2.53. The number of benzene rings is 10. The number of anilines is 3. The molecule has 70 heavy (non-hydrogen) atoms. The first kappa shape index (κ1) is 42.2. The van der Waals surface area contributed by atoms with Crippen molar-refractivity contribution in [3.05, 3.63) is 234 Å². The van der Waals surface area contributed by atoms with Crippen LogP contribution in [0.4, 0.5) is 17.1 Å². The van der Waals surface area contributed by atoms with Crippen LogP contribution in [0.1, 0.15) is 81.3 Å². The van der Waals surface area contributed by atoms with Crippen LogP contribution in [0.3, 0.4) is 0 Å². The van der Waals surface area contributed by atoms with Gasteiger partial charge in [-0.15, -0.1) is 0 Å². The van der Waals surface area contributed by atoms with Gasteiger partial charge in [-0.1, -0.05) is 175 Å². The van der Waals surface area contributed by atoms with E-state index in [1.165, 1.54) is 110 Å². The SMILES string of the molecule is CC.CC1(C)c2ccccc2-c2ccc(N(c3ccc(-c4ccccc4)cc3)c3ccc(-n4c5cc6c(cc5c5cc7c8c(c9ccccc9c7cc54)C=CCC8)-c4ccccc4C6(C)C)cc3)cc21. The van der Waals surface area contributed by atoms with Gasteiger partial charge in [-0.3, -0.25) is 0 Å². The molecule has 10 aromatic carbocycles. The maximum atomic E-state index is 2.55. The fourth-order valence-corrected chi connectivity index (χ4v) is 12.6. The molecule has 3 aliphatic carbocycles. The number of nitrogens with zero attached hydrogens (tertiary/aromatic N) is 2. The Bertz CT molecular complexity index is 3940. The number of aromatic nitrogens is 1. The van der Waals surface area contributed by atoms with Gasteiger partial charge in [0.25, 0.3) is 0 Å². The van der Waals surface area contributed by atoms with Crippen molar-refractivity contribution in [2.24, 2.45) is 0 Å². The molecule has 0 radical (unpaired) electrons. The van der Waals surface area contributed by atoms with Crippen LogP contribution in [0.5, 0.6) is 0 Å². The Hall–Kier alpha value is -7.94. The van der Waals surface area contributed by atoms with Crippen molar-refractivity contribution < 1.29 is 0 Å². The second-order valence-corrected chi connectivity index (χ2v) is 20.4. The molecule has 3 aliphatic rings. The molecule has 2 heteroatoms. The molecule has 0 unspecified atom stereocenters. The van der Waals surface area contributed by atoms with Crippen molar-refractivity contribution in [3.63, 3.8) is 0 Å². The molecule has 11 aromatic rings. The van der Waals surface area contributed by atoms with Gasteiger partial charge in [0.2, 0.25) is 0 Å². The molecule has 338 valence electrons. The number of hydrogen-bond donors (Lipinski definition) is 0. The number of allylic oxidation sites excluding steroid dienone is 1. The van der Waals surface area contributed by atoms with E-state index in [0.717, 1.165) is 35.6 Å². The summed E-state index contributed by atoms with van der Waals surface area (Å²) in [5, 5.41) is 7.95. The van der Waals surface area contributed by atoms with E-state index in [4.69, 9.17) is 0 Å². The van der Waals surface area contributed by atoms with Crippen molar-refractivity contribution in [3.8, 4) is 39.1 Å². The number of rotatable bonds is 5. The zero-order valence-corrected chi connectivity index (χ0v) is 40.9. The van der Waals surface area contributed by atoms with Gasteiger partial charge in [0.15, 0.2) is 0 Å². The normalized spacial score (nSPS) is 14.5. The molecule has 2 nitrogen and oxygen atoms in total. The average Bonchev–Trinajstić information content (AvgIpc) is 3.94. The fraction of sp³-hybridized carbons (Fsp3) is 0.147. The van der Waals surface area contributed by atoms with E-state index >= 15 is 0 Å². The highest BCUT2D eigenvalue weighted by molar-refractivity contribution is 6.21. The Balaban J connectivity index is 0.00000237. The van der Waals surface area contributed by atoms with Crippen molar-refractivity contribution in [2.45, 2.75) is 65.2 Å². The summed E-state index contributed by atoms with van der Waals surface area (Å²) < 4.78 is 2.55. The first-order valence-corrected chi connectivity index (χ1v) is 25.3. The maximum absolute atomic E-state index is 2.55. The van der Waals surface area contributed by atoms with Crippen molar-refractivity contribution in [1.82, 2.24) is 4.57 Å². The molecule has 0 spiro atoms. The van der Waals surface area contributed by atoms with E-state index in [9.17, 15) is 0 Å². The van der Waals surface area contributed by atoms with E-state index in [0.29, 0.717) is 0 Å². The summed E-state index contributed by atoms with van der Waals surface area (Å²) in [6, 6.07) is 73.3. The Morgan fingerprint density at radius 3 is 1.66 bits per heavy atom. The topological polar surface area (TPSA) is 8.17 Å². The Morgan fingerprint density at radius 2 is 0.943 bits per heavy atom. The van der Waals surface area contributed by atoms with Crippen LogP contribution in [0.15, 0.2) is 200 Å². The van der Waals surface area contributed by atoms with Crippen LogP contribution in [0, 0.1) is 0 Å². The lowest BCUT2D eigenvalue weighted by Crippen LogP contribution is -2.16. The third-order valence-electron chi connectivity index (χ3n) is 16.0. The third kappa shape index (κ3) is 6.12. The number of aryl methyl sites for hydroxylation is 1. The molecule has 0 saturated carbocycles.